The van der Waals surface area contributed by atoms with Gasteiger partial charge in [0.2, 0.25) is 0 Å². The molecular formula is C82H83N5O20. The smallest absolute Gasteiger partial charge is 0.344 e. The van der Waals surface area contributed by atoms with Crippen LogP contribution in [0.5, 0.6) is 34.5 Å². The third kappa shape index (κ3) is 19.4. The predicted octanol–water partition coefficient (Wildman–Crippen LogP) is 12.1. The summed E-state index contributed by atoms with van der Waals surface area (Å²) in [7, 11) is 0. The van der Waals surface area contributed by atoms with Crippen LogP contribution in [0.3, 0.4) is 0 Å². The molecular weight excluding hydrogens is 1370 g/mol. The van der Waals surface area contributed by atoms with Gasteiger partial charge >= 0.3 is 58.3 Å². The zero-order valence-electron chi connectivity index (χ0n) is 60.4. The minimum absolute atomic E-state index is 0.193. The Morgan fingerprint density at radius 3 is 0.972 bits per heavy atom. The lowest BCUT2D eigenvalue weighted by molar-refractivity contribution is -0.139. The number of carbonyl (C=O) groups excluding carboxylic acids is 6. The van der Waals surface area contributed by atoms with Crippen LogP contribution in [0, 0.1) is 23.7 Å². The summed E-state index contributed by atoms with van der Waals surface area (Å²) in [5.74, 6) is -0.540. The summed E-state index contributed by atoms with van der Waals surface area (Å²) in [4.78, 5) is 121. The number of fused-ring (bicyclic) bond motifs is 12. The molecule has 0 radical (unpaired) electrons. The van der Waals surface area contributed by atoms with Crippen LogP contribution in [-0.4, -0.2) is 72.6 Å². The van der Waals surface area contributed by atoms with Crippen molar-refractivity contribution < 1.29 is 74.9 Å². The summed E-state index contributed by atoms with van der Waals surface area (Å²) >= 11 is 0. The Balaban J connectivity index is 0.000000154. The van der Waals surface area contributed by atoms with Crippen molar-refractivity contribution in [3.05, 3.63) is 199 Å². The second-order valence-corrected chi connectivity index (χ2v) is 27.5. The van der Waals surface area contributed by atoms with Gasteiger partial charge in [-0.1, -0.05) is 84.9 Å². The van der Waals surface area contributed by atoms with E-state index in [1.807, 2.05) is 78.8 Å². The van der Waals surface area contributed by atoms with Crippen molar-refractivity contribution in [3.63, 3.8) is 0 Å². The van der Waals surface area contributed by atoms with Gasteiger partial charge in [-0.25, -0.2) is 43.2 Å². The van der Waals surface area contributed by atoms with Crippen LogP contribution in [-0.2, 0) is 28.8 Å². The number of carbonyl (C=O) groups is 6. The zero-order valence-corrected chi connectivity index (χ0v) is 60.4. The van der Waals surface area contributed by atoms with E-state index < -0.39 is 70.5 Å². The Morgan fingerprint density at radius 1 is 0.355 bits per heavy atom. The van der Waals surface area contributed by atoms with Crippen molar-refractivity contribution in [1.82, 2.24) is 5.32 Å². The fourth-order valence-electron chi connectivity index (χ4n) is 12.0. The van der Waals surface area contributed by atoms with Crippen LogP contribution in [0.25, 0.3) is 87.0 Å². The molecule has 5 heterocycles. The van der Waals surface area contributed by atoms with Gasteiger partial charge in [0.05, 0.1) is 27.5 Å². The monoisotopic (exact) mass is 1460 g/mol. The minimum atomic E-state index is -0.786. The number of ether oxygens (including phenoxy) is 6. The predicted molar refractivity (Wildman–Crippen MR) is 406 cm³/mol. The quantitative estimate of drug-likeness (QED) is 0.0230. The van der Waals surface area contributed by atoms with E-state index in [4.69, 9.17) is 69.0 Å². The molecule has 0 amide bonds. The lowest BCUT2D eigenvalue weighted by atomic mass is 9.99. The topological polar surface area (TPSA) is 395 Å². The maximum absolute atomic E-state index is 12.6. The van der Waals surface area contributed by atoms with E-state index in [1.54, 1.807) is 103 Å². The third-order valence-corrected chi connectivity index (χ3v) is 17.2. The van der Waals surface area contributed by atoms with Crippen molar-refractivity contribution in [2.75, 3.05) is 6.54 Å². The SMILES string of the molecule is CC(C)C[C@@H](C)C(=O)Oc1ccc2c(c1)oc(=O)c1cc(OC(=O)[C@H](N)CC(C)C)ccc12.CC(C)C[C@H](N)C(=O)Oc1ccc2c(c1)oc(=O)c1ccccc12.C[C@@H](N)C(=O)Oc1ccc2c(c1)oc(=O)c1cc(OC(=O)[C@@H](C)N)ccc12.O=C(Oc1ccc2c(c1)oc(=O)c1ccccc12)C1CCCN1. The van der Waals surface area contributed by atoms with Crippen LogP contribution in [0.4, 0.5) is 0 Å². The van der Waals surface area contributed by atoms with Crippen molar-refractivity contribution in [3.8, 4) is 34.5 Å². The van der Waals surface area contributed by atoms with E-state index in [0.29, 0.717) is 91.0 Å². The molecule has 0 spiro atoms. The molecule has 9 N–H and O–H groups in total. The number of rotatable bonds is 18. The summed E-state index contributed by atoms with van der Waals surface area (Å²) in [5.41, 5.74) is 22.0. The highest BCUT2D eigenvalue weighted by Crippen LogP contribution is 2.33. The summed E-state index contributed by atoms with van der Waals surface area (Å²) in [6.07, 6.45) is 3.53. The largest absolute Gasteiger partial charge is 0.426 e. The molecule has 1 saturated heterocycles. The summed E-state index contributed by atoms with van der Waals surface area (Å²) in [6, 6.07) is 40.5. The van der Waals surface area contributed by atoms with E-state index in [-0.39, 0.29) is 63.4 Å². The first-order valence-electron chi connectivity index (χ1n) is 35.0. The Morgan fingerprint density at radius 2 is 0.645 bits per heavy atom. The van der Waals surface area contributed by atoms with E-state index in [0.717, 1.165) is 47.4 Å². The molecule has 1 fully saturated rings. The minimum Gasteiger partial charge on any atom is -0.426 e. The standard InChI is InChI=1S/C26H31NO6.C19H18N2O6.C19H19NO4.C18H15NO4/c1-14(2)10-16(5)24(28)31-18-7-9-20-19-8-6-17(32-26(30)22(27)11-15(3)4)12-21(19)25(29)33-23(20)13-18;1-9(20)17(22)25-11-3-5-13-14-6-4-12(26-18(23)10(2)21)8-16(14)27-19(24)15(13)7-11;1-11(2)9-16(20)19(22)23-12-7-8-14-13-5-3-4-6-15(13)18(21)24-17(14)10-12;20-17-14-5-2-1-4-12(14)13-8-7-11(10-16(13)23-17)22-18(21)15-6-3-9-19-15/h6-9,12-16,22H,10-11,27H2,1-5H3;3-10H,20-21H2,1-2H3;3-8,10-11,16H,9,20H2,1-2H3;1-2,4-5,7-8,10,15,19H,3,6,9H2/t16-,22-;9-,10-;16-;/m110./s1. The Kier molecular flexibility index (Phi) is 25.1. The van der Waals surface area contributed by atoms with E-state index in [1.165, 1.54) is 38.1 Å². The van der Waals surface area contributed by atoms with Gasteiger partial charge in [-0.3, -0.25) is 4.79 Å². The van der Waals surface area contributed by atoms with E-state index >= 15 is 0 Å². The first-order valence-corrected chi connectivity index (χ1v) is 35.0. The van der Waals surface area contributed by atoms with Crippen LogP contribution in [0.2, 0.25) is 0 Å². The number of benzene rings is 8. The van der Waals surface area contributed by atoms with Crippen molar-refractivity contribution in [2.24, 2.45) is 46.6 Å². The van der Waals surface area contributed by atoms with Gasteiger partial charge < -0.3 is 74.3 Å². The van der Waals surface area contributed by atoms with Crippen LogP contribution in [0.15, 0.2) is 195 Å². The van der Waals surface area contributed by atoms with Gasteiger partial charge in [0, 0.05) is 56.6 Å². The summed E-state index contributed by atoms with van der Waals surface area (Å²) in [6.45, 7) is 17.7. The molecule has 25 heteroatoms. The number of nitrogens with one attached hydrogen (secondary N) is 1. The lowest BCUT2D eigenvalue weighted by Crippen LogP contribution is -2.35. The number of nitrogens with two attached hydrogens (primary N) is 4. The Bertz CT molecular complexity index is 5610. The third-order valence-electron chi connectivity index (χ3n) is 17.2. The number of hydrogen-bond acceptors (Lipinski definition) is 25. The molecule has 25 nitrogen and oxygen atoms in total. The molecule has 12 aromatic rings. The highest BCUT2D eigenvalue weighted by Gasteiger charge is 2.26. The summed E-state index contributed by atoms with van der Waals surface area (Å²) < 4.78 is 53.3. The molecule has 4 aromatic heterocycles. The van der Waals surface area contributed by atoms with Gasteiger partial charge in [0.15, 0.2) is 0 Å². The average Bonchev–Trinajstić information content (AvgIpc) is 1.32. The summed E-state index contributed by atoms with van der Waals surface area (Å²) in [5, 5.41) is 10.5. The highest BCUT2D eigenvalue weighted by molar-refractivity contribution is 6.08. The normalized spacial score (nSPS) is 14.1. The van der Waals surface area contributed by atoms with E-state index in [2.05, 4.69) is 5.32 Å². The van der Waals surface area contributed by atoms with Crippen LogP contribution >= 0.6 is 0 Å². The second kappa shape index (κ2) is 34.5. The molecule has 0 saturated carbocycles. The molecule has 13 rings (SSSR count). The van der Waals surface area contributed by atoms with E-state index in [9.17, 15) is 47.9 Å². The molecule has 6 atom stereocenters. The first kappa shape index (κ1) is 77.9. The fourth-order valence-corrected chi connectivity index (χ4v) is 12.0. The van der Waals surface area contributed by atoms with Gasteiger partial charge in [-0.05, 0) is 178 Å². The van der Waals surface area contributed by atoms with Crippen molar-refractivity contribution in [1.29, 1.82) is 0 Å². The first-order chi connectivity index (χ1) is 51.0. The average molecular weight is 1460 g/mol. The van der Waals surface area contributed by atoms with Crippen molar-refractivity contribution in [2.45, 2.75) is 125 Å². The Labute approximate surface area is 611 Å². The maximum atomic E-state index is 12.6. The number of hydrogen-bond donors (Lipinski definition) is 5. The molecule has 1 aliphatic heterocycles. The molecule has 8 aromatic carbocycles. The molecule has 556 valence electrons. The Hall–Kier alpha value is -11.7. The van der Waals surface area contributed by atoms with Crippen molar-refractivity contribution >= 4 is 123 Å². The van der Waals surface area contributed by atoms with Crippen LogP contribution in [0.1, 0.15) is 94.4 Å². The molecule has 0 aliphatic carbocycles. The van der Waals surface area contributed by atoms with Gasteiger partial charge in [0.1, 0.15) is 87.0 Å². The lowest BCUT2D eigenvalue weighted by Gasteiger charge is -2.14. The van der Waals surface area contributed by atoms with Crippen LogP contribution < -0.4 is 79.2 Å². The molecule has 1 unspecified atom stereocenters. The fraction of sp³-hybridized carbons (Fsp3) is 0.293. The van der Waals surface area contributed by atoms with Gasteiger partial charge in [-0.15, -0.1) is 0 Å². The second-order valence-electron chi connectivity index (χ2n) is 27.5. The van der Waals surface area contributed by atoms with Gasteiger partial charge in [0.25, 0.3) is 0 Å². The number of esters is 6. The maximum Gasteiger partial charge on any atom is 0.344 e. The molecule has 0 bridgehead atoms. The molecule has 1 aliphatic rings. The van der Waals surface area contributed by atoms with Gasteiger partial charge in [-0.2, -0.15) is 0 Å². The highest BCUT2D eigenvalue weighted by atomic mass is 16.6. The molecule has 107 heavy (non-hydrogen) atoms. The zero-order chi connectivity index (χ0) is 77.1.